The molecule has 0 spiro atoms. The van der Waals surface area contributed by atoms with Crippen molar-refractivity contribution in [1.29, 1.82) is 0 Å². The summed E-state index contributed by atoms with van der Waals surface area (Å²) in [4.78, 5) is 16.7. The van der Waals surface area contributed by atoms with Crippen LogP contribution in [0.3, 0.4) is 0 Å². The van der Waals surface area contributed by atoms with Gasteiger partial charge in [0.15, 0.2) is 5.65 Å². The average molecular weight is 338 g/mol. The zero-order valence-electron chi connectivity index (χ0n) is 12.5. The molecule has 2 heterocycles. The van der Waals surface area contributed by atoms with Gasteiger partial charge >= 0.3 is 5.63 Å². The highest BCUT2D eigenvalue weighted by molar-refractivity contribution is 6.33. The van der Waals surface area contributed by atoms with Gasteiger partial charge in [0.2, 0.25) is 5.89 Å². The highest BCUT2D eigenvalue weighted by Gasteiger charge is 2.15. The highest BCUT2D eigenvalue weighted by Crippen LogP contribution is 2.26. The maximum Gasteiger partial charge on any atom is 0.350 e. The molecule has 4 rings (SSSR count). The molecular formula is C18H12ClN3O2. The lowest BCUT2D eigenvalue weighted by Crippen LogP contribution is -2.06. The topological polar surface area (TPSA) is 60.9 Å². The standard InChI is InChI=1S/C18H12ClN3O2/c19-15-9-5-4-8-13(15)17-21-16-14(18(23)24-17)10-20-22(16)11-12-6-2-1-3-7-12/h1-10H,11H2. The van der Waals surface area contributed by atoms with Crippen LogP contribution in [0.25, 0.3) is 22.5 Å². The van der Waals surface area contributed by atoms with Crippen LogP contribution in [-0.2, 0) is 6.54 Å². The van der Waals surface area contributed by atoms with E-state index in [1.54, 1.807) is 16.8 Å². The molecule has 0 unspecified atom stereocenters. The minimum Gasteiger partial charge on any atom is -0.403 e. The van der Waals surface area contributed by atoms with E-state index in [2.05, 4.69) is 10.1 Å². The van der Waals surface area contributed by atoms with Crippen molar-refractivity contribution in [3.05, 3.63) is 81.8 Å². The van der Waals surface area contributed by atoms with E-state index in [1.807, 2.05) is 42.5 Å². The van der Waals surface area contributed by atoms with Crippen LogP contribution in [0.4, 0.5) is 0 Å². The van der Waals surface area contributed by atoms with Crippen molar-refractivity contribution < 1.29 is 4.42 Å². The molecule has 0 N–H and O–H groups in total. The fraction of sp³-hybridized carbons (Fsp3) is 0.0556. The molecule has 0 atom stereocenters. The molecule has 0 aliphatic rings. The van der Waals surface area contributed by atoms with Gasteiger partial charge in [0.1, 0.15) is 5.39 Å². The number of fused-ring (bicyclic) bond motifs is 1. The Kier molecular flexibility index (Phi) is 3.63. The molecule has 118 valence electrons. The third kappa shape index (κ3) is 2.59. The second-order valence-electron chi connectivity index (χ2n) is 5.31. The summed E-state index contributed by atoms with van der Waals surface area (Å²) in [6.45, 7) is 0.517. The van der Waals surface area contributed by atoms with E-state index in [0.29, 0.717) is 28.2 Å². The fourth-order valence-electron chi connectivity index (χ4n) is 2.52. The number of rotatable bonds is 3. The number of nitrogens with zero attached hydrogens (tertiary/aromatic N) is 3. The molecule has 5 nitrogen and oxygen atoms in total. The Morgan fingerprint density at radius 2 is 1.79 bits per heavy atom. The normalized spacial score (nSPS) is 11.0. The molecule has 0 aliphatic heterocycles. The van der Waals surface area contributed by atoms with Crippen LogP contribution in [0.5, 0.6) is 0 Å². The first-order chi connectivity index (χ1) is 11.7. The molecule has 2 aromatic carbocycles. The summed E-state index contributed by atoms with van der Waals surface area (Å²) >= 11 is 6.18. The van der Waals surface area contributed by atoms with Gasteiger partial charge in [-0.05, 0) is 17.7 Å². The monoisotopic (exact) mass is 337 g/mol. The Morgan fingerprint density at radius 1 is 1.04 bits per heavy atom. The number of halogens is 1. The lowest BCUT2D eigenvalue weighted by molar-refractivity contribution is 0.516. The first-order valence-corrected chi connectivity index (χ1v) is 7.75. The summed E-state index contributed by atoms with van der Waals surface area (Å²) in [7, 11) is 0. The maximum absolute atomic E-state index is 12.2. The number of aromatic nitrogens is 3. The summed E-state index contributed by atoms with van der Waals surface area (Å²) in [6, 6.07) is 17.0. The first-order valence-electron chi connectivity index (χ1n) is 7.38. The van der Waals surface area contributed by atoms with E-state index in [1.165, 1.54) is 6.20 Å². The van der Waals surface area contributed by atoms with Crippen molar-refractivity contribution in [3.8, 4) is 11.5 Å². The quantitative estimate of drug-likeness (QED) is 0.571. The molecule has 2 aromatic heterocycles. The summed E-state index contributed by atoms with van der Waals surface area (Å²) in [6.07, 6.45) is 1.48. The molecule has 24 heavy (non-hydrogen) atoms. The minimum atomic E-state index is -0.478. The van der Waals surface area contributed by atoms with Crippen molar-refractivity contribution in [1.82, 2.24) is 14.8 Å². The van der Waals surface area contributed by atoms with Gasteiger partial charge in [-0.3, -0.25) is 0 Å². The molecule has 0 fully saturated rings. The molecule has 0 aliphatic carbocycles. The van der Waals surface area contributed by atoms with Gasteiger partial charge in [0.25, 0.3) is 0 Å². The predicted molar refractivity (Wildman–Crippen MR) is 92.1 cm³/mol. The molecule has 6 heteroatoms. The Bertz CT molecular complexity index is 1070. The Hall–Kier alpha value is -2.92. The minimum absolute atomic E-state index is 0.188. The van der Waals surface area contributed by atoms with E-state index >= 15 is 0 Å². The number of benzene rings is 2. The van der Waals surface area contributed by atoms with Crippen molar-refractivity contribution in [2.75, 3.05) is 0 Å². The Morgan fingerprint density at radius 3 is 2.58 bits per heavy atom. The van der Waals surface area contributed by atoms with E-state index in [0.717, 1.165) is 5.56 Å². The van der Waals surface area contributed by atoms with E-state index in [4.69, 9.17) is 16.0 Å². The summed E-state index contributed by atoms with van der Waals surface area (Å²) in [5, 5.41) is 5.09. The summed E-state index contributed by atoms with van der Waals surface area (Å²) in [5.74, 6) is 0.188. The van der Waals surface area contributed by atoms with Gasteiger partial charge in [-0.2, -0.15) is 10.1 Å². The van der Waals surface area contributed by atoms with E-state index < -0.39 is 5.63 Å². The van der Waals surface area contributed by atoms with E-state index in [-0.39, 0.29) is 5.89 Å². The third-order valence-electron chi connectivity index (χ3n) is 3.71. The maximum atomic E-state index is 12.2. The highest BCUT2D eigenvalue weighted by atomic mass is 35.5. The molecule has 4 aromatic rings. The fourth-order valence-corrected chi connectivity index (χ4v) is 2.74. The van der Waals surface area contributed by atoms with Crippen LogP contribution in [0.15, 0.2) is 70.0 Å². The lowest BCUT2D eigenvalue weighted by atomic mass is 10.2. The molecule has 0 amide bonds. The van der Waals surface area contributed by atoms with Gasteiger partial charge in [0, 0.05) is 0 Å². The van der Waals surface area contributed by atoms with Crippen LogP contribution >= 0.6 is 11.6 Å². The summed E-state index contributed by atoms with van der Waals surface area (Å²) in [5.41, 5.74) is 1.64. The van der Waals surface area contributed by atoms with Crippen molar-refractivity contribution >= 4 is 22.6 Å². The van der Waals surface area contributed by atoms with Crippen LogP contribution in [0.2, 0.25) is 5.02 Å². The van der Waals surface area contributed by atoms with Crippen LogP contribution < -0.4 is 5.63 Å². The Labute approximate surface area is 142 Å². The van der Waals surface area contributed by atoms with Gasteiger partial charge in [-0.25, -0.2) is 9.48 Å². The second kappa shape index (κ2) is 5.94. The van der Waals surface area contributed by atoms with Gasteiger partial charge in [-0.15, -0.1) is 0 Å². The van der Waals surface area contributed by atoms with Crippen LogP contribution in [-0.4, -0.2) is 14.8 Å². The predicted octanol–water partition coefficient (Wildman–Crippen LogP) is 3.75. The molecule has 0 radical (unpaired) electrons. The largest absolute Gasteiger partial charge is 0.403 e. The second-order valence-corrected chi connectivity index (χ2v) is 5.72. The van der Waals surface area contributed by atoms with Crippen LogP contribution in [0.1, 0.15) is 5.56 Å². The van der Waals surface area contributed by atoms with Crippen molar-refractivity contribution in [2.24, 2.45) is 0 Å². The lowest BCUT2D eigenvalue weighted by Gasteiger charge is -2.05. The SMILES string of the molecule is O=c1oc(-c2ccccc2Cl)nc2c1cnn2Cc1ccccc1. The third-order valence-corrected chi connectivity index (χ3v) is 4.04. The zero-order valence-corrected chi connectivity index (χ0v) is 13.3. The van der Waals surface area contributed by atoms with E-state index in [9.17, 15) is 4.79 Å². The van der Waals surface area contributed by atoms with Gasteiger partial charge < -0.3 is 4.42 Å². The average Bonchev–Trinajstić information content (AvgIpc) is 3.00. The molecule has 0 saturated carbocycles. The number of hydrogen-bond acceptors (Lipinski definition) is 4. The first kappa shape index (κ1) is 14.7. The molecule has 0 bridgehead atoms. The molecule has 0 saturated heterocycles. The van der Waals surface area contributed by atoms with Gasteiger partial charge in [0.05, 0.1) is 23.3 Å². The van der Waals surface area contributed by atoms with Crippen molar-refractivity contribution in [2.45, 2.75) is 6.54 Å². The number of hydrogen-bond donors (Lipinski definition) is 0. The molecular weight excluding hydrogens is 326 g/mol. The van der Waals surface area contributed by atoms with Crippen LogP contribution in [0, 0.1) is 0 Å². The van der Waals surface area contributed by atoms with Crippen molar-refractivity contribution in [3.63, 3.8) is 0 Å². The summed E-state index contributed by atoms with van der Waals surface area (Å²) < 4.78 is 7.00. The van der Waals surface area contributed by atoms with Gasteiger partial charge in [-0.1, -0.05) is 54.1 Å². The zero-order chi connectivity index (χ0) is 16.5. The Balaban J connectivity index is 1.86. The smallest absolute Gasteiger partial charge is 0.350 e.